The number of fused-ring (bicyclic) bond motifs is 1. The van der Waals surface area contributed by atoms with Crippen molar-refractivity contribution in [3.63, 3.8) is 0 Å². The second-order valence-electron chi connectivity index (χ2n) is 6.29. The SMILES string of the molecule is Clc1ccc2nc(N3CCC(COc4ccncc4)CC3)cnc2c1. The molecule has 5 nitrogen and oxygen atoms in total. The molecular weight excluding hydrogens is 336 g/mol. The Balaban J connectivity index is 1.36. The molecule has 0 aliphatic carbocycles. The van der Waals surface area contributed by atoms with Crippen LogP contribution in [0.2, 0.25) is 5.02 Å². The van der Waals surface area contributed by atoms with Crippen LogP contribution in [0, 0.1) is 5.92 Å². The minimum absolute atomic E-state index is 0.566. The van der Waals surface area contributed by atoms with Crippen LogP contribution in [0.4, 0.5) is 5.82 Å². The molecule has 3 heterocycles. The summed E-state index contributed by atoms with van der Waals surface area (Å²) in [5.74, 6) is 2.39. The van der Waals surface area contributed by atoms with Crippen LogP contribution >= 0.6 is 11.6 Å². The van der Waals surface area contributed by atoms with Gasteiger partial charge in [-0.3, -0.25) is 9.97 Å². The van der Waals surface area contributed by atoms with Crippen molar-refractivity contribution >= 4 is 28.5 Å². The maximum absolute atomic E-state index is 6.00. The molecule has 0 N–H and O–H groups in total. The van der Waals surface area contributed by atoms with Crippen LogP contribution in [0.5, 0.6) is 5.75 Å². The maximum Gasteiger partial charge on any atom is 0.147 e. The number of piperidine rings is 1. The minimum atomic E-state index is 0.566. The molecule has 0 amide bonds. The van der Waals surface area contributed by atoms with Gasteiger partial charge in [0.05, 0.1) is 23.8 Å². The van der Waals surface area contributed by atoms with E-state index in [1.54, 1.807) is 12.4 Å². The molecule has 0 unspecified atom stereocenters. The van der Waals surface area contributed by atoms with Crippen molar-refractivity contribution in [1.82, 2.24) is 15.0 Å². The van der Waals surface area contributed by atoms with E-state index in [9.17, 15) is 0 Å². The van der Waals surface area contributed by atoms with Crippen molar-refractivity contribution in [2.75, 3.05) is 24.6 Å². The zero-order chi connectivity index (χ0) is 17.1. The largest absolute Gasteiger partial charge is 0.493 e. The monoisotopic (exact) mass is 354 g/mol. The number of anilines is 1. The average Bonchev–Trinajstić information content (AvgIpc) is 2.67. The highest BCUT2D eigenvalue weighted by Crippen LogP contribution is 2.24. The van der Waals surface area contributed by atoms with E-state index < -0.39 is 0 Å². The van der Waals surface area contributed by atoms with E-state index >= 15 is 0 Å². The minimum Gasteiger partial charge on any atom is -0.493 e. The molecule has 1 saturated heterocycles. The number of ether oxygens (including phenoxy) is 1. The summed E-state index contributed by atoms with van der Waals surface area (Å²) in [4.78, 5) is 15.5. The Hall–Kier alpha value is -2.40. The van der Waals surface area contributed by atoms with Gasteiger partial charge in [0.25, 0.3) is 0 Å². The molecule has 1 aliphatic heterocycles. The predicted octanol–water partition coefficient (Wildman–Crippen LogP) is 3.97. The smallest absolute Gasteiger partial charge is 0.147 e. The van der Waals surface area contributed by atoms with E-state index in [1.165, 1.54) is 0 Å². The number of benzene rings is 1. The predicted molar refractivity (Wildman–Crippen MR) is 99.2 cm³/mol. The van der Waals surface area contributed by atoms with E-state index in [0.717, 1.165) is 55.1 Å². The number of halogens is 1. The van der Waals surface area contributed by atoms with Gasteiger partial charge < -0.3 is 9.64 Å². The van der Waals surface area contributed by atoms with Gasteiger partial charge >= 0.3 is 0 Å². The normalized spacial score (nSPS) is 15.5. The third kappa shape index (κ3) is 3.82. The molecular formula is C19H19ClN4O. The number of pyridine rings is 1. The Bertz CT molecular complexity index is 850. The molecule has 25 heavy (non-hydrogen) atoms. The molecule has 0 saturated carbocycles. The zero-order valence-electron chi connectivity index (χ0n) is 13.8. The van der Waals surface area contributed by atoms with Gasteiger partial charge in [0.1, 0.15) is 11.6 Å². The van der Waals surface area contributed by atoms with Crippen molar-refractivity contribution in [2.45, 2.75) is 12.8 Å². The fourth-order valence-electron chi connectivity index (χ4n) is 3.10. The van der Waals surface area contributed by atoms with Gasteiger partial charge in [0, 0.05) is 30.5 Å². The van der Waals surface area contributed by atoms with Crippen molar-refractivity contribution in [1.29, 1.82) is 0 Å². The molecule has 128 valence electrons. The lowest BCUT2D eigenvalue weighted by Gasteiger charge is -2.32. The molecule has 0 radical (unpaired) electrons. The number of hydrogen-bond acceptors (Lipinski definition) is 5. The first-order chi connectivity index (χ1) is 12.3. The van der Waals surface area contributed by atoms with E-state index in [2.05, 4.69) is 14.9 Å². The Morgan fingerprint density at radius 1 is 1.08 bits per heavy atom. The van der Waals surface area contributed by atoms with Gasteiger partial charge in [-0.25, -0.2) is 4.98 Å². The fourth-order valence-corrected chi connectivity index (χ4v) is 3.27. The van der Waals surface area contributed by atoms with Crippen molar-refractivity contribution < 1.29 is 4.74 Å². The summed E-state index contributed by atoms with van der Waals surface area (Å²) < 4.78 is 5.86. The van der Waals surface area contributed by atoms with Crippen molar-refractivity contribution in [3.8, 4) is 5.75 Å². The highest BCUT2D eigenvalue weighted by molar-refractivity contribution is 6.31. The van der Waals surface area contributed by atoms with E-state index in [-0.39, 0.29) is 0 Å². The Morgan fingerprint density at radius 2 is 1.88 bits per heavy atom. The van der Waals surface area contributed by atoms with Crippen molar-refractivity contribution in [2.24, 2.45) is 5.92 Å². The Labute approximate surface area is 151 Å². The Kier molecular flexibility index (Phi) is 4.65. The molecule has 0 spiro atoms. The van der Waals surface area contributed by atoms with Crippen LogP contribution in [0.3, 0.4) is 0 Å². The first-order valence-corrected chi connectivity index (χ1v) is 8.86. The second-order valence-corrected chi connectivity index (χ2v) is 6.72. The quantitative estimate of drug-likeness (QED) is 0.709. The summed E-state index contributed by atoms with van der Waals surface area (Å²) >= 11 is 6.00. The number of hydrogen-bond donors (Lipinski definition) is 0. The van der Waals surface area contributed by atoms with Gasteiger partial charge in [-0.15, -0.1) is 0 Å². The van der Waals surface area contributed by atoms with Gasteiger partial charge in [-0.2, -0.15) is 0 Å². The van der Waals surface area contributed by atoms with Crippen LogP contribution in [0.15, 0.2) is 48.9 Å². The number of aromatic nitrogens is 3. The highest BCUT2D eigenvalue weighted by atomic mass is 35.5. The van der Waals surface area contributed by atoms with Crippen LogP contribution in [-0.2, 0) is 0 Å². The van der Waals surface area contributed by atoms with Gasteiger partial charge in [0.2, 0.25) is 0 Å². The highest BCUT2D eigenvalue weighted by Gasteiger charge is 2.21. The molecule has 6 heteroatoms. The standard InChI is InChI=1S/C19H19ClN4O/c20-15-1-2-17-18(11-15)22-12-19(23-17)24-9-5-14(6-10-24)13-25-16-3-7-21-8-4-16/h1-4,7-8,11-12,14H,5-6,9-10,13H2. The second kappa shape index (κ2) is 7.23. The van der Waals surface area contributed by atoms with E-state index in [4.69, 9.17) is 21.3 Å². The lowest BCUT2D eigenvalue weighted by atomic mass is 9.98. The molecule has 1 aliphatic rings. The summed E-state index contributed by atoms with van der Waals surface area (Å²) in [6.45, 7) is 2.69. The number of nitrogens with zero attached hydrogens (tertiary/aromatic N) is 4. The molecule has 4 rings (SSSR count). The van der Waals surface area contributed by atoms with Crippen molar-refractivity contribution in [3.05, 3.63) is 53.9 Å². The van der Waals surface area contributed by atoms with E-state index in [0.29, 0.717) is 10.9 Å². The first kappa shape index (κ1) is 16.1. The van der Waals surface area contributed by atoms with Gasteiger partial charge in [-0.1, -0.05) is 11.6 Å². The summed E-state index contributed by atoms with van der Waals surface area (Å²) in [5.41, 5.74) is 1.71. The fraction of sp³-hybridized carbons (Fsp3) is 0.316. The summed E-state index contributed by atoms with van der Waals surface area (Å²) in [6.07, 6.45) is 7.52. The molecule has 0 atom stereocenters. The van der Waals surface area contributed by atoms with Gasteiger partial charge in [-0.05, 0) is 49.1 Å². The van der Waals surface area contributed by atoms with Gasteiger partial charge in [0.15, 0.2) is 0 Å². The first-order valence-electron chi connectivity index (χ1n) is 8.48. The molecule has 1 fully saturated rings. The lowest BCUT2D eigenvalue weighted by molar-refractivity contribution is 0.222. The maximum atomic E-state index is 6.00. The summed E-state index contributed by atoms with van der Waals surface area (Å²) in [5, 5.41) is 0.685. The zero-order valence-corrected chi connectivity index (χ0v) is 14.6. The van der Waals surface area contributed by atoms with Crippen LogP contribution in [0.1, 0.15) is 12.8 Å². The number of rotatable bonds is 4. The molecule has 2 aromatic heterocycles. The van der Waals surface area contributed by atoms with Crippen LogP contribution < -0.4 is 9.64 Å². The topological polar surface area (TPSA) is 51.1 Å². The third-order valence-corrected chi connectivity index (χ3v) is 4.80. The lowest BCUT2D eigenvalue weighted by Crippen LogP contribution is -2.36. The van der Waals surface area contributed by atoms with Crippen LogP contribution in [-0.4, -0.2) is 34.6 Å². The molecule has 3 aromatic rings. The third-order valence-electron chi connectivity index (χ3n) is 4.57. The Morgan fingerprint density at radius 3 is 2.68 bits per heavy atom. The molecule has 1 aromatic carbocycles. The molecule has 0 bridgehead atoms. The average molecular weight is 355 g/mol. The van der Waals surface area contributed by atoms with E-state index in [1.807, 2.05) is 36.5 Å². The summed E-state index contributed by atoms with van der Waals surface area (Å²) in [6, 6.07) is 9.41. The van der Waals surface area contributed by atoms with Crippen LogP contribution in [0.25, 0.3) is 11.0 Å². The summed E-state index contributed by atoms with van der Waals surface area (Å²) in [7, 11) is 0.